The van der Waals surface area contributed by atoms with E-state index in [0.717, 1.165) is 50.7 Å². The maximum atomic E-state index is 11.6. The lowest BCUT2D eigenvalue weighted by molar-refractivity contribution is -0.116. The Bertz CT molecular complexity index is 400. The lowest BCUT2D eigenvalue weighted by Crippen LogP contribution is -2.36. The summed E-state index contributed by atoms with van der Waals surface area (Å²) >= 11 is 0. The largest absolute Gasteiger partial charge is 0.378 e. The Morgan fingerprint density at radius 2 is 2.21 bits per heavy atom. The summed E-state index contributed by atoms with van der Waals surface area (Å²) < 4.78 is 5.31. The van der Waals surface area contributed by atoms with E-state index >= 15 is 0 Å². The molecule has 19 heavy (non-hydrogen) atoms. The van der Waals surface area contributed by atoms with Crippen molar-refractivity contribution in [1.82, 2.24) is 4.98 Å². The van der Waals surface area contributed by atoms with E-state index in [9.17, 15) is 4.79 Å². The van der Waals surface area contributed by atoms with Gasteiger partial charge in [-0.05, 0) is 18.6 Å². The minimum absolute atomic E-state index is 0.0581. The van der Waals surface area contributed by atoms with Crippen molar-refractivity contribution in [2.45, 2.75) is 26.2 Å². The van der Waals surface area contributed by atoms with Gasteiger partial charge in [0, 0.05) is 19.5 Å². The average Bonchev–Trinajstić information content (AvgIpc) is 2.47. The van der Waals surface area contributed by atoms with E-state index in [2.05, 4.69) is 22.1 Å². The molecular weight excluding hydrogens is 242 g/mol. The molecule has 0 saturated carbocycles. The van der Waals surface area contributed by atoms with Crippen molar-refractivity contribution in [1.29, 1.82) is 0 Å². The molecular formula is C14H21N3O2. The van der Waals surface area contributed by atoms with E-state index in [-0.39, 0.29) is 5.91 Å². The number of rotatable bonds is 5. The zero-order valence-corrected chi connectivity index (χ0v) is 11.4. The Kier molecular flexibility index (Phi) is 5.15. The highest BCUT2D eigenvalue weighted by Crippen LogP contribution is 2.15. The summed E-state index contributed by atoms with van der Waals surface area (Å²) in [6.07, 6.45) is 4.24. The van der Waals surface area contributed by atoms with Crippen LogP contribution in [0.3, 0.4) is 0 Å². The Balaban J connectivity index is 1.88. The third-order valence-electron chi connectivity index (χ3n) is 3.12. The second-order valence-electron chi connectivity index (χ2n) is 4.66. The molecule has 0 bridgehead atoms. The lowest BCUT2D eigenvalue weighted by atomic mass is 10.2. The molecule has 0 aromatic carbocycles. The number of aromatic nitrogens is 1. The fourth-order valence-electron chi connectivity index (χ4n) is 2.00. The van der Waals surface area contributed by atoms with Crippen LogP contribution in [0.15, 0.2) is 18.3 Å². The van der Waals surface area contributed by atoms with Crippen LogP contribution in [0.5, 0.6) is 0 Å². The van der Waals surface area contributed by atoms with Gasteiger partial charge in [0.15, 0.2) is 0 Å². The van der Waals surface area contributed by atoms with Gasteiger partial charge in [0.05, 0.1) is 25.1 Å². The molecule has 104 valence electrons. The van der Waals surface area contributed by atoms with Crippen LogP contribution >= 0.6 is 0 Å². The molecule has 0 spiro atoms. The van der Waals surface area contributed by atoms with Crippen LogP contribution in [-0.2, 0) is 9.53 Å². The van der Waals surface area contributed by atoms with E-state index in [1.54, 1.807) is 6.20 Å². The molecule has 0 unspecified atom stereocenters. The second kappa shape index (κ2) is 7.09. The van der Waals surface area contributed by atoms with Gasteiger partial charge in [0.2, 0.25) is 5.91 Å². The first-order chi connectivity index (χ1) is 9.29. The highest BCUT2D eigenvalue weighted by Gasteiger charge is 2.12. The smallest absolute Gasteiger partial charge is 0.224 e. The normalized spacial score (nSPS) is 15.3. The molecule has 2 heterocycles. The number of morpholine rings is 1. The lowest BCUT2D eigenvalue weighted by Gasteiger charge is -2.27. The molecule has 0 aliphatic carbocycles. The van der Waals surface area contributed by atoms with Crippen molar-refractivity contribution in [3.8, 4) is 0 Å². The first-order valence-electron chi connectivity index (χ1n) is 6.88. The molecule has 1 amide bonds. The van der Waals surface area contributed by atoms with Gasteiger partial charge in [0.25, 0.3) is 0 Å². The summed E-state index contributed by atoms with van der Waals surface area (Å²) in [5.41, 5.74) is 0.762. The molecule has 1 fully saturated rings. The minimum atomic E-state index is 0.0581. The maximum absolute atomic E-state index is 11.6. The zero-order chi connectivity index (χ0) is 13.5. The predicted octanol–water partition coefficient (Wildman–Crippen LogP) is 2.05. The first kappa shape index (κ1) is 13.8. The highest BCUT2D eigenvalue weighted by molar-refractivity contribution is 5.90. The fourth-order valence-corrected chi connectivity index (χ4v) is 2.00. The first-order valence-corrected chi connectivity index (χ1v) is 6.88. The van der Waals surface area contributed by atoms with Crippen LogP contribution in [0.4, 0.5) is 11.5 Å². The van der Waals surface area contributed by atoms with Crippen molar-refractivity contribution in [3.63, 3.8) is 0 Å². The van der Waals surface area contributed by atoms with Crippen LogP contribution in [0.2, 0.25) is 0 Å². The maximum Gasteiger partial charge on any atom is 0.224 e. The van der Waals surface area contributed by atoms with Crippen molar-refractivity contribution in [3.05, 3.63) is 18.3 Å². The minimum Gasteiger partial charge on any atom is -0.378 e. The van der Waals surface area contributed by atoms with Gasteiger partial charge in [0.1, 0.15) is 5.82 Å². The monoisotopic (exact) mass is 263 g/mol. The summed E-state index contributed by atoms with van der Waals surface area (Å²) in [4.78, 5) is 18.2. The second-order valence-corrected chi connectivity index (χ2v) is 4.66. The van der Waals surface area contributed by atoms with E-state index in [4.69, 9.17) is 4.74 Å². The van der Waals surface area contributed by atoms with Crippen LogP contribution in [0.25, 0.3) is 0 Å². The van der Waals surface area contributed by atoms with Crippen LogP contribution in [0.1, 0.15) is 26.2 Å². The van der Waals surface area contributed by atoms with Gasteiger partial charge in [-0.2, -0.15) is 0 Å². The number of pyridine rings is 1. The van der Waals surface area contributed by atoms with Crippen LogP contribution in [-0.4, -0.2) is 37.2 Å². The van der Waals surface area contributed by atoms with Crippen LogP contribution < -0.4 is 10.2 Å². The number of carbonyl (C=O) groups is 1. The van der Waals surface area contributed by atoms with Crippen molar-refractivity contribution < 1.29 is 9.53 Å². The highest BCUT2D eigenvalue weighted by atomic mass is 16.5. The van der Waals surface area contributed by atoms with E-state index in [1.165, 1.54) is 0 Å². The molecule has 1 aliphatic rings. The Morgan fingerprint density at radius 1 is 1.42 bits per heavy atom. The number of unbranched alkanes of at least 4 members (excludes halogenated alkanes) is 1. The van der Waals surface area contributed by atoms with Crippen molar-refractivity contribution >= 4 is 17.4 Å². The number of ether oxygens (including phenoxy) is 1. The molecule has 1 aromatic heterocycles. The number of hydrogen-bond donors (Lipinski definition) is 1. The fraction of sp³-hybridized carbons (Fsp3) is 0.571. The number of nitrogens with one attached hydrogen (secondary N) is 1. The van der Waals surface area contributed by atoms with Gasteiger partial charge in [-0.15, -0.1) is 0 Å². The Labute approximate surface area is 114 Å². The zero-order valence-electron chi connectivity index (χ0n) is 11.4. The Morgan fingerprint density at radius 3 is 2.84 bits per heavy atom. The summed E-state index contributed by atoms with van der Waals surface area (Å²) in [6.45, 7) is 5.31. The third-order valence-corrected chi connectivity index (χ3v) is 3.12. The van der Waals surface area contributed by atoms with Gasteiger partial charge >= 0.3 is 0 Å². The van der Waals surface area contributed by atoms with Gasteiger partial charge in [-0.25, -0.2) is 4.98 Å². The molecule has 5 nitrogen and oxygen atoms in total. The quantitative estimate of drug-likeness (QED) is 0.883. The number of nitrogens with zero attached hydrogens (tertiary/aromatic N) is 2. The molecule has 1 aliphatic heterocycles. The van der Waals surface area contributed by atoms with E-state index < -0.39 is 0 Å². The van der Waals surface area contributed by atoms with Gasteiger partial charge in [-0.3, -0.25) is 4.79 Å². The van der Waals surface area contributed by atoms with Crippen LogP contribution in [0, 0.1) is 0 Å². The number of hydrogen-bond acceptors (Lipinski definition) is 4. The molecule has 0 atom stereocenters. The number of anilines is 2. The van der Waals surface area contributed by atoms with Gasteiger partial charge in [-0.1, -0.05) is 13.3 Å². The molecule has 1 saturated heterocycles. The summed E-state index contributed by atoms with van der Waals surface area (Å²) in [7, 11) is 0. The summed E-state index contributed by atoms with van der Waals surface area (Å²) in [5, 5.41) is 2.86. The molecule has 1 aromatic rings. The predicted molar refractivity (Wildman–Crippen MR) is 75.4 cm³/mol. The van der Waals surface area contributed by atoms with Crippen molar-refractivity contribution in [2.75, 3.05) is 36.5 Å². The molecule has 5 heteroatoms. The average molecular weight is 263 g/mol. The third kappa shape index (κ3) is 4.21. The topological polar surface area (TPSA) is 54.5 Å². The number of carbonyl (C=O) groups excluding carboxylic acids is 1. The SMILES string of the molecule is CCCCC(=O)Nc1ccc(N2CCOCC2)nc1. The Hall–Kier alpha value is -1.62. The standard InChI is InChI=1S/C14H21N3O2/c1-2-3-4-14(18)16-12-5-6-13(15-11-12)17-7-9-19-10-8-17/h5-6,11H,2-4,7-10H2,1H3,(H,16,18). The molecule has 2 rings (SSSR count). The van der Waals surface area contributed by atoms with Gasteiger partial charge < -0.3 is 15.0 Å². The molecule has 0 radical (unpaired) electrons. The number of amides is 1. The summed E-state index contributed by atoms with van der Waals surface area (Å²) in [5.74, 6) is 0.998. The van der Waals surface area contributed by atoms with Crippen molar-refractivity contribution in [2.24, 2.45) is 0 Å². The van der Waals surface area contributed by atoms with E-state index in [0.29, 0.717) is 6.42 Å². The van der Waals surface area contributed by atoms with E-state index in [1.807, 2.05) is 12.1 Å². The summed E-state index contributed by atoms with van der Waals surface area (Å²) in [6, 6.07) is 3.85. The molecule has 1 N–H and O–H groups in total.